The Hall–Kier alpha value is -1.84. The third-order valence-corrected chi connectivity index (χ3v) is 4.88. The highest BCUT2D eigenvalue weighted by molar-refractivity contribution is 6.01. The summed E-state index contributed by atoms with van der Waals surface area (Å²) in [5.74, 6) is -2.88. The van der Waals surface area contributed by atoms with Crippen molar-refractivity contribution in [1.29, 1.82) is 0 Å². The van der Waals surface area contributed by atoms with Crippen LogP contribution in [0.3, 0.4) is 0 Å². The molecule has 0 aliphatic heterocycles. The zero-order valence-electron chi connectivity index (χ0n) is 13.0. The summed E-state index contributed by atoms with van der Waals surface area (Å²) in [6, 6.07) is 4.67. The minimum Gasteiger partial charge on any atom is -0.545 e. The van der Waals surface area contributed by atoms with Gasteiger partial charge in [-0.15, -0.1) is 0 Å². The average Bonchev–Trinajstić information content (AvgIpc) is 2.53. The van der Waals surface area contributed by atoms with Crippen LogP contribution >= 0.6 is 0 Å². The normalized spacial score (nSPS) is 17.1. The molecule has 1 aromatic rings. The van der Waals surface area contributed by atoms with Gasteiger partial charge in [0.15, 0.2) is 0 Å². The molecule has 0 amide bonds. The van der Waals surface area contributed by atoms with Crippen LogP contribution in [0.25, 0.3) is 0 Å². The molecule has 1 aliphatic rings. The van der Waals surface area contributed by atoms with Crippen molar-refractivity contribution in [2.75, 3.05) is 0 Å². The fourth-order valence-electron chi connectivity index (χ4n) is 3.78. The van der Waals surface area contributed by atoms with Gasteiger partial charge in [0, 0.05) is 11.1 Å². The summed E-state index contributed by atoms with van der Waals surface area (Å²) in [5.41, 5.74) is -0.0587. The summed E-state index contributed by atoms with van der Waals surface area (Å²) in [5, 5.41) is 22.9. The molecule has 22 heavy (non-hydrogen) atoms. The van der Waals surface area contributed by atoms with E-state index in [1.807, 2.05) is 0 Å². The van der Waals surface area contributed by atoms with Gasteiger partial charge < -0.3 is 19.8 Å². The average molecular weight is 302 g/mol. The molecule has 1 fully saturated rings. The van der Waals surface area contributed by atoms with Crippen LogP contribution in [0.1, 0.15) is 84.6 Å². The van der Waals surface area contributed by atoms with Gasteiger partial charge in [0.1, 0.15) is 0 Å². The quantitative estimate of drug-likeness (QED) is 0.802. The molecule has 0 spiro atoms. The molecule has 1 aromatic carbocycles. The van der Waals surface area contributed by atoms with Crippen LogP contribution in [0.5, 0.6) is 0 Å². The summed E-state index contributed by atoms with van der Waals surface area (Å²) >= 11 is 0. The van der Waals surface area contributed by atoms with E-state index >= 15 is 0 Å². The number of carbonyl (C=O) groups is 2. The fraction of sp³-hybridized carbons (Fsp3) is 0.556. The van der Waals surface area contributed by atoms with Crippen LogP contribution < -0.4 is 10.2 Å². The largest absolute Gasteiger partial charge is 0.545 e. The van der Waals surface area contributed by atoms with Crippen LogP contribution in [0, 0.1) is 0 Å². The molecule has 2 rings (SSSR count). The second-order valence-electron chi connectivity index (χ2n) is 6.25. The molecular formula is C18H22O4-2. The van der Waals surface area contributed by atoms with E-state index in [2.05, 4.69) is 6.92 Å². The second kappa shape index (κ2) is 6.95. The van der Waals surface area contributed by atoms with E-state index < -0.39 is 11.9 Å². The lowest BCUT2D eigenvalue weighted by Gasteiger charge is -2.40. The molecule has 4 nitrogen and oxygen atoms in total. The maximum Gasteiger partial charge on any atom is 0.0724 e. The molecule has 0 saturated heterocycles. The fourth-order valence-corrected chi connectivity index (χ4v) is 3.78. The van der Waals surface area contributed by atoms with Gasteiger partial charge >= 0.3 is 0 Å². The zero-order chi connectivity index (χ0) is 16.2. The Morgan fingerprint density at radius 1 is 1.09 bits per heavy atom. The van der Waals surface area contributed by atoms with Gasteiger partial charge in [0.2, 0.25) is 0 Å². The van der Waals surface area contributed by atoms with Crippen molar-refractivity contribution in [3.63, 3.8) is 0 Å². The van der Waals surface area contributed by atoms with Gasteiger partial charge in [-0.25, -0.2) is 0 Å². The second-order valence-corrected chi connectivity index (χ2v) is 6.25. The molecule has 0 unspecified atom stereocenters. The third kappa shape index (κ3) is 3.16. The summed E-state index contributed by atoms with van der Waals surface area (Å²) in [4.78, 5) is 22.9. The number of hydrogen-bond donors (Lipinski definition) is 0. The van der Waals surface area contributed by atoms with Crippen molar-refractivity contribution in [1.82, 2.24) is 0 Å². The number of rotatable bonds is 6. The Labute approximate surface area is 131 Å². The van der Waals surface area contributed by atoms with Crippen LogP contribution in [-0.2, 0) is 5.41 Å². The third-order valence-electron chi connectivity index (χ3n) is 4.88. The van der Waals surface area contributed by atoms with E-state index in [9.17, 15) is 19.8 Å². The van der Waals surface area contributed by atoms with Crippen molar-refractivity contribution in [2.24, 2.45) is 0 Å². The van der Waals surface area contributed by atoms with Crippen LogP contribution in [-0.4, -0.2) is 11.9 Å². The number of carboxylic acids is 2. The highest BCUT2D eigenvalue weighted by atomic mass is 16.4. The van der Waals surface area contributed by atoms with Gasteiger partial charge in [0.25, 0.3) is 0 Å². The summed E-state index contributed by atoms with van der Waals surface area (Å²) in [6.45, 7) is 2.10. The predicted octanol–water partition coefficient (Wildman–Crippen LogP) is 1.81. The first-order valence-corrected chi connectivity index (χ1v) is 8.08. The Morgan fingerprint density at radius 2 is 1.77 bits per heavy atom. The van der Waals surface area contributed by atoms with Gasteiger partial charge in [0.05, 0.1) is 11.9 Å². The van der Waals surface area contributed by atoms with Crippen molar-refractivity contribution < 1.29 is 19.8 Å². The van der Waals surface area contributed by atoms with E-state index in [0.29, 0.717) is 5.56 Å². The number of hydrogen-bond acceptors (Lipinski definition) is 4. The molecular weight excluding hydrogens is 280 g/mol. The summed E-state index contributed by atoms with van der Waals surface area (Å²) in [6.07, 6.45) is 7.98. The maximum atomic E-state index is 11.6. The standard InChI is InChI=1S/C18H24O4/c1-2-3-10-18(11-5-4-6-12-18)14-9-7-8-13(16(19)20)15(14)17(21)22/h7-9H,2-6,10-12H2,1H3,(H,19,20)(H,21,22)/p-2. The van der Waals surface area contributed by atoms with E-state index in [-0.39, 0.29) is 16.5 Å². The first-order chi connectivity index (χ1) is 10.5. The lowest BCUT2D eigenvalue weighted by Crippen LogP contribution is -2.37. The van der Waals surface area contributed by atoms with Crippen molar-refractivity contribution in [3.8, 4) is 0 Å². The monoisotopic (exact) mass is 302 g/mol. The Morgan fingerprint density at radius 3 is 2.32 bits per heavy atom. The predicted molar refractivity (Wildman–Crippen MR) is 79.4 cm³/mol. The SMILES string of the molecule is CCCCC1(c2cccc(C(=O)[O-])c2C(=O)[O-])CCCCC1. The van der Waals surface area contributed by atoms with Gasteiger partial charge in [-0.1, -0.05) is 57.2 Å². The number of unbranched alkanes of at least 4 members (excludes halogenated alkanes) is 1. The first-order valence-electron chi connectivity index (χ1n) is 8.08. The van der Waals surface area contributed by atoms with E-state index in [1.54, 1.807) is 12.1 Å². The van der Waals surface area contributed by atoms with Gasteiger partial charge in [-0.05, 0) is 30.2 Å². The highest BCUT2D eigenvalue weighted by Crippen LogP contribution is 2.45. The van der Waals surface area contributed by atoms with Crippen LogP contribution in [0.15, 0.2) is 18.2 Å². The highest BCUT2D eigenvalue weighted by Gasteiger charge is 2.35. The molecule has 120 valence electrons. The first kappa shape index (κ1) is 16.5. The minimum absolute atomic E-state index is 0.180. The molecule has 4 heteroatoms. The van der Waals surface area contributed by atoms with Crippen LogP contribution in [0.4, 0.5) is 0 Å². The van der Waals surface area contributed by atoms with E-state index in [1.165, 1.54) is 6.07 Å². The Bertz CT molecular complexity index is 556. The number of carbonyl (C=O) groups excluding carboxylic acids is 2. The molecule has 0 aromatic heterocycles. The molecule has 0 bridgehead atoms. The van der Waals surface area contributed by atoms with Crippen molar-refractivity contribution in [3.05, 3.63) is 34.9 Å². The van der Waals surface area contributed by atoms with E-state index in [0.717, 1.165) is 51.4 Å². The van der Waals surface area contributed by atoms with E-state index in [4.69, 9.17) is 0 Å². The topological polar surface area (TPSA) is 80.3 Å². The number of aromatic carboxylic acids is 2. The summed E-state index contributed by atoms with van der Waals surface area (Å²) in [7, 11) is 0. The van der Waals surface area contributed by atoms with Gasteiger partial charge in [-0.3, -0.25) is 0 Å². The Kier molecular flexibility index (Phi) is 5.22. The number of benzene rings is 1. The van der Waals surface area contributed by atoms with Crippen molar-refractivity contribution >= 4 is 11.9 Å². The molecule has 1 saturated carbocycles. The molecule has 1 aliphatic carbocycles. The maximum absolute atomic E-state index is 11.6. The lowest BCUT2D eigenvalue weighted by atomic mass is 9.65. The van der Waals surface area contributed by atoms with Crippen LogP contribution in [0.2, 0.25) is 0 Å². The molecule has 0 radical (unpaired) electrons. The molecule has 0 atom stereocenters. The minimum atomic E-state index is -1.46. The summed E-state index contributed by atoms with van der Waals surface area (Å²) < 4.78 is 0. The zero-order valence-corrected chi connectivity index (χ0v) is 13.0. The molecule has 0 heterocycles. The smallest absolute Gasteiger partial charge is 0.0724 e. The lowest BCUT2D eigenvalue weighted by molar-refractivity contribution is -0.259. The number of carboxylic acid groups (broad SMARTS) is 2. The van der Waals surface area contributed by atoms with Crippen molar-refractivity contribution in [2.45, 2.75) is 63.7 Å². The van der Waals surface area contributed by atoms with Gasteiger partial charge in [-0.2, -0.15) is 0 Å². The Balaban J connectivity index is 2.58. The molecule has 0 N–H and O–H groups in total.